The number of halogens is 1. The Morgan fingerprint density at radius 2 is 2.04 bits per heavy atom. The molecule has 132 valence electrons. The quantitative estimate of drug-likeness (QED) is 0.777. The van der Waals surface area contributed by atoms with E-state index in [1.165, 1.54) is 18.2 Å². The van der Waals surface area contributed by atoms with Crippen LogP contribution in [0.25, 0.3) is 0 Å². The van der Waals surface area contributed by atoms with E-state index in [0.717, 1.165) is 31.4 Å². The van der Waals surface area contributed by atoms with Gasteiger partial charge in [-0.2, -0.15) is 0 Å². The summed E-state index contributed by atoms with van der Waals surface area (Å²) in [6, 6.07) is 7.60. The van der Waals surface area contributed by atoms with Gasteiger partial charge in [-0.15, -0.1) is 0 Å². The third-order valence-electron chi connectivity index (χ3n) is 4.43. The molecule has 0 bridgehead atoms. The molecule has 1 atom stereocenters. The molecular weight excluding hydrogens is 323 g/mol. The van der Waals surface area contributed by atoms with E-state index in [2.05, 4.69) is 15.2 Å². The van der Waals surface area contributed by atoms with Crippen molar-refractivity contribution in [1.82, 2.24) is 9.88 Å². The molecule has 2 heterocycles. The number of hydrogen-bond acceptors (Lipinski definition) is 3. The Hall–Kier alpha value is -2.67. The molecule has 0 saturated carbocycles. The number of H-pyrrole nitrogens is 1. The standard InChI is InChI=1S/C18H21FN4O2/c19-13-6-4-12(5-7-13)11-23-8-2-1-3-16(23)18(25)22-14-9-15(17(20)24)21-10-14/h4-7,9-10,16,21H,1-3,8,11H2,(H2,20,24)(H,22,25). The molecule has 3 rings (SSSR count). The van der Waals surface area contributed by atoms with Gasteiger partial charge in [0, 0.05) is 12.7 Å². The first-order valence-corrected chi connectivity index (χ1v) is 8.30. The van der Waals surface area contributed by atoms with Gasteiger partial charge in [-0.1, -0.05) is 18.6 Å². The maximum absolute atomic E-state index is 13.1. The number of aromatic amines is 1. The number of amides is 2. The van der Waals surface area contributed by atoms with Gasteiger partial charge in [-0.3, -0.25) is 14.5 Å². The first kappa shape index (κ1) is 17.2. The van der Waals surface area contributed by atoms with Crippen LogP contribution in [0.1, 0.15) is 35.3 Å². The second-order valence-corrected chi connectivity index (χ2v) is 6.26. The van der Waals surface area contributed by atoms with Gasteiger partial charge in [0.05, 0.1) is 11.7 Å². The van der Waals surface area contributed by atoms with Crippen molar-refractivity contribution in [3.8, 4) is 0 Å². The molecule has 1 fully saturated rings. The Labute approximate surface area is 145 Å². The van der Waals surface area contributed by atoms with Crippen LogP contribution in [-0.2, 0) is 11.3 Å². The second-order valence-electron chi connectivity index (χ2n) is 6.26. The SMILES string of the molecule is NC(=O)c1cc(NC(=O)C2CCCCN2Cc2ccc(F)cc2)c[nH]1. The molecule has 6 nitrogen and oxygen atoms in total. The topological polar surface area (TPSA) is 91.2 Å². The normalized spacial score (nSPS) is 18.0. The van der Waals surface area contributed by atoms with Crippen LogP contribution in [0, 0.1) is 5.82 Å². The lowest BCUT2D eigenvalue weighted by molar-refractivity contribution is -0.122. The minimum absolute atomic E-state index is 0.114. The van der Waals surface area contributed by atoms with Gasteiger partial charge < -0.3 is 16.0 Å². The summed E-state index contributed by atoms with van der Waals surface area (Å²) in [5.74, 6) is -0.956. The van der Waals surface area contributed by atoms with E-state index in [0.29, 0.717) is 12.2 Å². The van der Waals surface area contributed by atoms with Crippen molar-refractivity contribution in [2.45, 2.75) is 31.8 Å². The smallest absolute Gasteiger partial charge is 0.265 e. The Bertz CT molecular complexity index is 757. The molecule has 0 radical (unpaired) electrons. The summed E-state index contributed by atoms with van der Waals surface area (Å²) in [5, 5.41) is 2.83. The Balaban J connectivity index is 1.67. The van der Waals surface area contributed by atoms with Crippen LogP contribution < -0.4 is 11.1 Å². The molecule has 1 aromatic carbocycles. The lowest BCUT2D eigenvalue weighted by atomic mass is 10.0. The summed E-state index contributed by atoms with van der Waals surface area (Å²) in [7, 11) is 0. The number of carbonyl (C=O) groups excluding carboxylic acids is 2. The number of aromatic nitrogens is 1. The summed E-state index contributed by atoms with van der Waals surface area (Å²) in [4.78, 5) is 28.6. The van der Waals surface area contributed by atoms with Gasteiger partial charge in [-0.25, -0.2) is 4.39 Å². The molecule has 1 aliphatic heterocycles. The van der Waals surface area contributed by atoms with E-state index in [1.807, 2.05) is 0 Å². The molecule has 25 heavy (non-hydrogen) atoms. The van der Waals surface area contributed by atoms with Crippen molar-refractivity contribution in [3.05, 3.63) is 53.6 Å². The monoisotopic (exact) mass is 344 g/mol. The number of benzene rings is 1. The van der Waals surface area contributed by atoms with Gasteiger partial charge in [0.15, 0.2) is 0 Å². The molecular formula is C18H21FN4O2. The largest absolute Gasteiger partial charge is 0.364 e. The Morgan fingerprint density at radius 3 is 2.72 bits per heavy atom. The number of hydrogen-bond donors (Lipinski definition) is 3. The maximum Gasteiger partial charge on any atom is 0.265 e. The van der Waals surface area contributed by atoms with E-state index >= 15 is 0 Å². The number of nitrogens with zero attached hydrogens (tertiary/aromatic N) is 1. The number of carbonyl (C=O) groups is 2. The van der Waals surface area contributed by atoms with Gasteiger partial charge >= 0.3 is 0 Å². The van der Waals surface area contributed by atoms with Crippen molar-refractivity contribution in [2.75, 3.05) is 11.9 Å². The zero-order valence-electron chi connectivity index (χ0n) is 13.8. The second kappa shape index (κ2) is 7.48. The maximum atomic E-state index is 13.1. The van der Waals surface area contributed by atoms with Crippen molar-refractivity contribution < 1.29 is 14.0 Å². The molecule has 1 unspecified atom stereocenters. The first-order valence-electron chi connectivity index (χ1n) is 8.30. The predicted molar refractivity (Wildman–Crippen MR) is 92.4 cm³/mol. The molecule has 7 heteroatoms. The molecule has 2 aromatic rings. The number of primary amides is 1. The van der Waals surface area contributed by atoms with Crippen LogP contribution in [0.3, 0.4) is 0 Å². The highest BCUT2D eigenvalue weighted by Gasteiger charge is 2.29. The minimum Gasteiger partial charge on any atom is -0.364 e. The molecule has 4 N–H and O–H groups in total. The number of anilines is 1. The summed E-state index contributed by atoms with van der Waals surface area (Å²) in [6.45, 7) is 1.41. The molecule has 1 aliphatic rings. The highest BCUT2D eigenvalue weighted by atomic mass is 19.1. The summed E-state index contributed by atoms with van der Waals surface area (Å²) < 4.78 is 13.1. The molecule has 2 amide bonds. The van der Waals surface area contributed by atoms with E-state index < -0.39 is 5.91 Å². The summed E-state index contributed by atoms with van der Waals surface area (Å²) in [5.41, 5.74) is 6.94. The van der Waals surface area contributed by atoms with Gasteiger partial charge in [-0.05, 0) is 43.1 Å². The lowest BCUT2D eigenvalue weighted by Gasteiger charge is -2.34. The summed E-state index contributed by atoms with van der Waals surface area (Å²) >= 11 is 0. The lowest BCUT2D eigenvalue weighted by Crippen LogP contribution is -2.46. The first-order chi connectivity index (χ1) is 12.0. The Morgan fingerprint density at radius 1 is 1.28 bits per heavy atom. The zero-order chi connectivity index (χ0) is 17.8. The van der Waals surface area contributed by atoms with E-state index in [9.17, 15) is 14.0 Å². The van der Waals surface area contributed by atoms with E-state index in [1.54, 1.807) is 18.3 Å². The van der Waals surface area contributed by atoms with Gasteiger partial charge in [0.1, 0.15) is 11.5 Å². The van der Waals surface area contributed by atoms with Crippen LogP contribution >= 0.6 is 0 Å². The van der Waals surface area contributed by atoms with Crippen LogP contribution in [0.2, 0.25) is 0 Å². The van der Waals surface area contributed by atoms with Crippen LogP contribution in [0.15, 0.2) is 36.5 Å². The van der Waals surface area contributed by atoms with Crippen LogP contribution in [-0.4, -0.2) is 34.3 Å². The number of rotatable bonds is 5. The van der Waals surface area contributed by atoms with Crippen molar-refractivity contribution in [3.63, 3.8) is 0 Å². The molecule has 1 saturated heterocycles. The van der Waals surface area contributed by atoms with Crippen LogP contribution in [0.4, 0.5) is 10.1 Å². The van der Waals surface area contributed by atoms with E-state index in [-0.39, 0.29) is 23.5 Å². The highest BCUT2D eigenvalue weighted by molar-refractivity contribution is 5.97. The van der Waals surface area contributed by atoms with Crippen molar-refractivity contribution in [2.24, 2.45) is 5.73 Å². The summed E-state index contributed by atoms with van der Waals surface area (Å²) in [6.07, 6.45) is 4.32. The predicted octanol–water partition coefficient (Wildman–Crippen LogP) is 2.25. The van der Waals surface area contributed by atoms with E-state index in [4.69, 9.17) is 5.73 Å². The van der Waals surface area contributed by atoms with Crippen molar-refractivity contribution >= 4 is 17.5 Å². The third-order valence-corrected chi connectivity index (χ3v) is 4.43. The van der Waals surface area contributed by atoms with Crippen molar-refractivity contribution in [1.29, 1.82) is 0 Å². The van der Waals surface area contributed by atoms with Gasteiger partial charge in [0.2, 0.25) is 5.91 Å². The fraction of sp³-hybridized carbons (Fsp3) is 0.333. The average Bonchev–Trinajstić information content (AvgIpc) is 3.06. The molecule has 0 aliphatic carbocycles. The number of likely N-dealkylation sites (tertiary alicyclic amines) is 1. The average molecular weight is 344 g/mol. The molecule has 1 aromatic heterocycles. The zero-order valence-corrected chi connectivity index (χ0v) is 13.8. The fourth-order valence-electron chi connectivity index (χ4n) is 3.14. The number of nitrogens with two attached hydrogens (primary N) is 1. The third kappa shape index (κ3) is 4.24. The number of nitrogens with one attached hydrogen (secondary N) is 2. The van der Waals surface area contributed by atoms with Crippen LogP contribution in [0.5, 0.6) is 0 Å². The fourth-order valence-corrected chi connectivity index (χ4v) is 3.14. The highest BCUT2D eigenvalue weighted by Crippen LogP contribution is 2.21. The van der Waals surface area contributed by atoms with Gasteiger partial charge in [0.25, 0.3) is 5.91 Å². The Kier molecular flexibility index (Phi) is 5.14. The number of piperidine rings is 1. The molecule has 0 spiro atoms. The minimum atomic E-state index is -0.573.